The average molecular weight is 1200 g/mol. The van der Waals surface area contributed by atoms with E-state index in [1.54, 1.807) is 54.6 Å². The van der Waals surface area contributed by atoms with E-state index in [1.807, 2.05) is 87.5 Å². The van der Waals surface area contributed by atoms with E-state index in [4.69, 9.17) is 58.0 Å². The Morgan fingerprint density at radius 2 is 0.617 bits per heavy atom. The lowest BCUT2D eigenvalue weighted by atomic mass is 9.78. The SMILES string of the molecule is CC(CC1CC1)C(=O)c1cccc(Cl)c1.CC(CC1CCC1)C(=O)c1cccc(Cl)c1.CC(CC1CCCC1)C(=O)c1cccc(Cl)c1.CCC(CC1CC1)C(=O)c1cccc(Cl)c1.CCCC(CC1CC1)C(=O)c1cccc(Cl)c1. The molecule has 5 atom stereocenters. The first-order valence-corrected chi connectivity index (χ1v) is 32.3. The topological polar surface area (TPSA) is 85.3 Å². The van der Waals surface area contributed by atoms with E-state index in [-0.39, 0.29) is 58.5 Å². The van der Waals surface area contributed by atoms with E-state index < -0.39 is 0 Å². The van der Waals surface area contributed by atoms with Crippen molar-refractivity contribution in [2.75, 3.05) is 0 Å². The van der Waals surface area contributed by atoms with Crippen molar-refractivity contribution in [1.82, 2.24) is 0 Å². The molecule has 0 aliphatic heterocycles. The van der Waals surface area contributed by atoms with Crippen LogP contribution in [0.2, 0.25) is 25.1 Å². The summed E-state index contributed by atoms with van der Waals surface area (Å²) in [4.78, 5) is 61.0. The van der Waals surface area contributed by atoms with Gasteiger partial charge in [0, 0.05) is 82.5 Å². The highest BCUT2D eigenvalue weighted by molar-refractivity contribution is 6.32. The minimum absolute atomic E-state index is 0.122. The third-order valence-corrected chi connectivity index (χ3v) is 18.0. The number of ketones is 5. The minimum atomic E-state index is 0.122. The third-order valence-electron chi connectivity index (χ3n) is 16.8. The van der Waals surface area contributed by atoms with E-state index in [0.29, 0.717) is 25.1 Å². The fourth-order valence-electron chi connectivity index (χ4n) is 11.4. The molecule has 0 amide bonds. The Hall–Kier alpha value is -4.10. The van der Waals surface area contributed by atoms with E-state index in [1.165, 1.54) is 83.5 Å². The van der Waals surface area contributed by atoms with Crippen LogP contribution in [0.4, 0.5) is 0 Å². The molecular weight excluding hydrogens is 1110 g/mol. The maximum absolute atomic E-state index is 12.4. The standard InChI is InChI=1S/2C15H19ClO.2C14H17ClO.C13H15ClO/c1-11(9-12-5-2-3-6-12)15(17)13-7-4-8-14(16)10-13;1-2-4-12(9-11-7-8-11)15(17)13-5-3-6-14(16)10-13;1-10(8-11-4-2-5-11)14(16)12-6-3-7-13(15)9-12;1-2-11(8-10-6-7-10)14(16)12-4-3-5-13(15)9-12;1-9(7-10-5-6-10)13(15)11-3-2-4-12(14)8-11/h4,7-8,10-12H,2-3,5-6,9H2,1H3;3,5-6,10-12H,2,4,7-9H2,1H3;3,6-7,9-11H,2,4-5,8H2,1H3;3-5,9-11H,2,6-8H2,1H3;2-4,8-10H,5-7H2,1H3. The summed E-state index contributed by atoms with van der Waals surface area (Å²) < 4.78 is 0. The molecule has 5 aromatic rings. The van der Waals surface area contributed by atoms with Gasteiger partial charge >= 0.3 is 0 Å². The van der Waals surface area contributed by atoms with Crippen molar-refractivity contribution in [3.8, 4) is 0 Å². The Morgan fingerprint density at radius 3 is 0.877 bits per heavy atom. The third kappa shape index (κ3) is 23.5. The van der Waals surface area contributed by atoms with Gasteiger partial charge in [0.05, 0.1) is 0 Å². The number of hydrogen-bond donors (Lipinski definition) is 0. The van der Waals surface area contributed by atoms with Crippen LogP contribution >= 0.6 is 58.0 Å². The van der Waals surface area contributed by atoms with Crippen molar-refractivity contribution in [1.29, 1.82) is 0 Å². The van der Waals surface area contributed by atoms with Gasteiger partial charge in [-0.1, -0.05) is 243 Å². The number of hydrogen-bond acceptors (Lipinski definition) is 5. The second kappa shape index (κ2) is 34.0. The Bertz CT molecular complexity index is 2800. The zero-order valence-electron chi connectivity index (χ0n) is 48.6. The largest absolute Gasteiger partial charge is 0.294 e. The summed E-state index contributed by atoms with van der Waals surface area (Å²) in [5, 5.41) is 3.22. The Labute approximate surface area is 510 Å². The van der Waals surface area contributed by atoms with Crippen LogP contribution in [-0.4, -0.2) is 28.9 Å². The van der Waals surface area contributed by atoms with Gasteiger partial charge in [-0.25, -0.2) is 0 Å². The second-order valence-electron chi connectivity index (χ2n) is 24.1. The average Bonchev–Trinajstić information content (AvgIpc) is 4.41. The summed E-state index contributed by atoms with van der Waals surface area (Å²) >= 11 is 29.5. The number of rotatable bonds is 23. The predicted octanol–water partition coefficient (Wildman–Crippen LogP) is 22.1. The summed E-state index contributed by atoms with van der Waals surface area (Å²) in [5.41, 5.74) is 3.79. The fourth-order valence-corrected chi connectivity index (χ4v) is 12.3. The molecule has 10 heteroatoms. The zero-order valence-corrected chi connectivity index (χ0v) is 52.4. The number of benzene rings is 5. The Kier molecular flexibility index (Phi) is 27.7. The van der Waals surface area contributed by atoms with Crippen molar-refractivity contribution < 1.29 is 24.0 Å². The van der Waals surface area contributed by atoms with Crippen LogP contribution in [0, 0.1) is 59.2 Å². The van der Waals surface area contributed by atoms with E-state index in [0.717, 1.165) is 109 Å². The van der Waals surface area contributed by atoms with Crippen molar-refractivity contribution >= 4 is 86.9 Å². The van der Waals surface area contributed by atoms with Crippen LogP contribution in [0.5, 0.6) is 0 Å². The van der Waals surface area contributed by atoms with Crippen molar-refractivity contribution in [2.24, 2.45) is 59.2 Å². The summed E-state index contributed by atoms with van der Waals surface area (Å²) in [6.45, 7) is 10.3. The van der Waals surface area contributed by atoms with Gasteiger partial charge in [0.1, 0.15) is 0 Å². The molecule has 5 unspecified atom stereocenters. The lowest BCUT2D eigenvalue weighted by Crippen LogP contribution is -2.20. The summed E-state index contributed by atoms with van der Waals surface area (Å²) in [7, 11) is 0. The summed E-state index contributed by atoms with van der Waals surface area (Å²) in [5.74, 6) is 5.93. The van der Waals surface area contributed by atoms with Crippen LogP contribution in [0.1, 0.15) is 221 Å². The molecule has 5 saturated carbocycles. The number of halogens is 5. The van der Waals surface area contributed by atoms with E-state index in [2.05, 4.69) is 13.8 Å². The number of Topliss-reactive ketones (excluding diaryl/α,β-unsaturated/α-hetero) is 5. The molecule has 0 N–H and O–H groups in total. The van der Waals surface area contributed by atoms with Crippen LogP contribution in [0.25, 0.3) is 0 Å². The maximum atomic E-state index is 12.4. The minimum Gasteiger partial charge on any atom is -0.294 e. The van der Waals surface area contributed by atoms with Gasteiger partial charge in [0.15, 0.2) is 28.9 Å². The van der Waals surface area contributed by atoms with Gasteiger partial charge in [-0.05, 0) is 135 Å². The summed E-state index contributed by atoms with van der Waals surface area (Å²) in [6.07, 6.45) is 25.3. The van der Waals surface area contributed by atoms with Crippen LogP contribution in [0.15, 0.2) is 121 Å². The van der Waals surface area contributed by atoms with Gasteiger partial charge in [-0.3, -0.25) is 24.0 Å². The molecule has 0 bridgehead atoms. The Morgan fingerprint density at radius 1 is 0.358 bits per heavy atom. The number of carbonyl (C=O) groups excluding carboxylic acids is 5. The molecule has 81 heavy (non-hydrogen) atoms. The quantitative estimate of drug-likeness (QED) is 0.0608. The molecule has 5 nitrogen and oxygen atoms in total. The first-order chi connectivity index (χ1) is 38.9. The first-order valence-electron chi connectivity index (χ1n) is 30.4. The van der Waals surface area contributed by atoms with E-state index in [9.17, 15) is 24.0 Å². The summed E-state index contributed by atoms with van der Waals surface area (Å²) in [6, 6.07) is 36.4. The molecule has 5 fully saturated rings. The molecule has 10 rings (SSSR count). The lowest BCUT2D eigenvalue weighted by molar-refractivity contribution is 0.0891. The molecular formula is C71H87Cl5O5. The zero-order chi connectivity index (χ0) is 58.4. The van der Waals surface area contributed by atoms with Crippen molar-refractivity contribution in [3.63, 3.8) is 0 Å². The van der Waals surface area contributed by atoms with Crippen LogP contribution in [0.3, 0.4) is 0 Å². The first kappa shape index (κ1) is 66.0. The molecule has 436 valence electrons. The molecule has 0 heterocycles. The molecule has 5 aliphatic carbocycles. The van der Waals surface area contributed by atoms with Crippen LogP contribution < -0.4 is 0 Å². The lowest BCUT2D eigenvalue weighted by Gasteiger charge is -2.27. The highest BCUT2D eigenvalue weighted by atomic mass is 35.5. The second-order valence-corrected chi connectivity index (χ2v) is 26.3. The number of carbonyl (C=O) groups is 5. The van der Waals surface area contributed by atoms with Crippen molar-refractivity contribution in [3.05, 3.63) is 174 Å². The predicted molar refractivity (Wildman–Crippen MR) is 339 cm³/mol. The Balaban J connectivity index is 0.000000163. The van der Waals surface area contributed by atoms with Crippen LogP contribution in [-0.2, 0) is 0 Å². The highest BCUT2D eigenvalue weighted by Gasteiger charge is 2.31. The van der Waals surface area contributed by atoms with Crippen molar-refractivity contribution in [2.45, 2.75) is 169 Å². The monoisotopic (exact) mass is 1190 g/mol. The van der Waals surface area contributed by atoms with E-state index >= 15 is 0 Å². The molecule has 0 saturated heterocycles. The highest BCUT2D eigenvalue weighted by Crippen LogP contribution is 2.40. The normalized spacial score (nSPS) is 17.5. The van der Waals surface area contributed by atoms with Gasteiger partial charge in [-0.2, -0.15) is 0 Å². The molecule has 0 aromatic heterocycles. The smallest absolute Gasteiger partial charge is 0.166 e. The van der Waals surface area contributed by atoms with Gasteiger partial charge in [0.2, 0.25) is 0 Å². The van der Waals surface area contributed by atoms with Gasteiger partial charge < -0.3 is 0 Å². The molecule has 0 radical (unpaired) electrons. The molecule has 5 aromatic carbocycles. The van der Waals surface area contributed by atoms with Gasteiger partial charge in [-0.15, -0.1) is 0 Å². The fraction of sp³-hybridized carbons (Fsp3) is 0.507. The maximum Gasteiger partial charge on any atom is 0.166 e. The molecule has 5 aliphatic rings. The molecule has 0 spiro atoms. The van der Waals surface area contributed by atoms with Gasteiger partial charge in [0.25, 0.3) is 0 Å².